The predicted octanol–water partition coefficient (Wildman–Crippen LogP) is 2.57. The van der Waals surface area contributed by atoms with E-state index in [9.17, 15) is 4.79 Å². The van der Waals surface area contributed by atoms with Gasteiger partial charge in [-0.3, -0.25) is 4.79 Å². The molecule has 0 atom stereocenters. The first-order valence-corrected chi connectivity index (χ1v) is 8.55. The van der Waals surface area contributed by atoms with Crippen LogP contribution in [-0.4, -0.2) is 26.7 Å². The van der Waals surface area contributed by atoms with Gasteiger partial charge in [-0.15, -0.1) is 4.68 Å². The van der Waals surface area contributed by atoms with Gasteiger partial charge in [-0.2, -0.15) is 5.10 Å². The van der Waals surface area contributed by atoms with E-state index in [4.69, 9.17) is 0 Å². The Hall–Kier alpha value is -2.19. The Labute approximate surface area is 145 Å². The number of aromatic amines is 1. The first-order valence-electron chi connectivity index (χ1n) is 6.77. The predicted molar refractivity (Wildman–Crippen MR) is 91.4 cm³/mol. The second-order valence-corrected chi connectivity index (χ2v) is 6.40. The van der Waals surface area contributed by atoms with Crippen molar-refractivity contribution >= 4 is 39.4 Å². The summed E-state index contributed by atoms with van der Waals surface area (Å²) in [7, 11) is 0. The molecule has 0 saturated heterocycles. The van der Waals surface area contributed by atoms with Crippen LogP contribution in [-0.2, 0) is 4.79 Å². The van der Waals surface area contributed by atoms with Crippen LogP contribution in [0.25, 0.3) is 5.69 Å². The Morgan fingerprint density at radius 1 is 1.22 bits per heavy atom. The monoisotopic (exact) mass is 390 g/mol. The normalized spacial score (nSPS) is 10.5. The van der Waals surface area contributed by atoms with E-state index in [-0.39, 0.29) is 11.7 Å². The third-order valence-corrected chi connectivity index (χ3v) is 4.32. The number of carbonyl (C=O) groups excluding carboxylic acids is 1. The van der Waals surface area contributed by atoms with Gasteiger partial charge in [0.1, 0.15) is 5.82 Å². The van der Waals surface area contributed by atoms with E-state index in [0.29, 0.717) is 5.82 Å². The van der Waals surface area contributed by atoms with Gasteiger partial charge in [0.25, 0.3) is 0 Å². The number of aromatic nitrogens is 4. The summed E-state index contributed by atoms with van der Waals surface area (Å²) in [4.78, 5) is 20.4. The maximum absolute atomic E-state index is 12.0. The molecule has 0 fully saturated rings. The molecule has 2 aromatic heterocycles. The maximum Gasteiger partial charge on any atom is 0.385 e. The first kappa shape index (κ1) is 15.7. The van der Waals surface area contributed by atoms with Crippen molar-refractivity contribution in [3.05, 3.63) is 59.5 Å². The van der Waals surface area contributed by atoms with E-state index in [1.54, 1.807) is 18.6 Å². The molecule has 6 nitrogen and oxygen atoms in total. The quantitative estimate of drug-likeness (QED) is 0.518. The Morgan fingerprint density at radius 3 is 2.78 bits per heavy atom. The van der Waals surface area contributed by atoms with Crippen molar-refractivity contribution in [1.82, 2.24) is 15.1 Å². The molecule has 3 aromatic rings. The van der Waals surface area contributed by atoms with Gasteiger partial charge in [0.2, 0.25) is 12.2 Å². The molecule has 1 amide bonds. The van der Waals surface area contributed by atoms with Crippen LogP contribution in [0.1, 0.15) is 0 Å². The van der Waals surface area contributed by atoms with Crippen molar-refractivity contribution in [1.29, 1.82) is 0 Å². The molecule has 1 aromatic carbocycles. The Balaban J connectivity index is 1.62. The number of nitrogens with one attached hydrogen (secondary N) is 2. The second-order valence-electron chi connectivity index (χ2n) is 4.54. The summed E-state index contributed by atoms with van der Waals surface area (Å²) in [6, 6.07) is 13.3. The van der Waals surface area contributed by atoms with Crippen LogP contribution in [0, 0.1) is 0 Å². The average Bonchev–Trinajstić information content (AvgIpc) is 3.04. The molecule has 0 aliphatic heterocycles. The zero-order valence-corrected chi connectivity index (χ0v) is 14.3. The van der Waals surface area contributed by atoms with Gasteiger partial charge in [0, 0.05) is 10.7 Å². The standard InChI is InChI=1S/C15H12BrN5OS/c16-11-6-7-13(17-8-11)20-14(22)9-23-15-18-10-19-21(15)12-4-2-1-3-5-12/h1-8,10H,9H2,(H,17,20,22)/p+1. The topological polar surface area (TPSA) is 74.6 Å². The van der Waals surface area contributed by atoms with Crippen molar-refractivity contribution in [2.24, 2.45) is 0 Å². The maximum atomic E-state index is 12.0. The number of benzene rings is 1. The molecule has 0 aliphatic carbocycles. The van der Waals surface area contributed by atoms with E-state index in [1.165, 1.54) is 11.8 Å². The molecule has 8 heteroatoms. The summed E-state index contributed by atoms with van der Waals surface area (Å²) >= 11 is 4.66. The van der Waals surface area contributed by atoms with Crippen molar-refractivity contribution < 1.29 is 9.48 Å². The average molecular weight is 391 g/mol. The number of anilines is 1. The number of para-hydroxylation sites is 1. The highest BCUT2D eigenvalue weighted by atomic mass is 79.9. The largest absolute Gasteiger partial charge is 0.385 e. The highest BCUT2D eigenvalue weighted by Gasteiger charge is 2.18. The van der Waals surface area contributed by atoms with Gasteiger partial charge in [0.05, 0.1) is 5.75 Å². The number of rotatable bonds is 5. The summed E-state index contributed by atoms with van der Waals surface area (Å²) in [5, 5.41) is 6.51. The van der Waals surface area contributed by atoms with Gasteiger partial charge in [-0.25, -0.2) is 4.98 Å². The lowest BCUT2D eigenvalue weighted by atomic mass is 10.3. The molecule has 0 unspecified atom stereocenters. The molecule has 0 aliphatic rings. The first-order chi connectivity index (χ1) is 11.2. The number of carbonyl (C=O) groups is 1. The fourth-order valence-corrected chi connectivity index (χ4v) is 2.86. The van der Waals surface area contributed by atoms with E-state index >= 15 is 0 Å². The van der Waals surface area contributed by atoms with Crippen LogP contribution in [0.3, 0.4) is 0 Å². The van der Waals surface area contributed by atoms with Crippen LogP contribution in [0.15, 0.2) is 64.6 Å². The van der Waals surface area contributed by atoms with Crippen LogP contribution < -0.4 is 10.00 Å². The number of nitrogens with zero attached hydrogens (tertiary/aromatic N) is 3. The molecule has 2 N–H and O–H groups in total. The molecular weight excluding hydrogens is 378 g/mol. The van der Waals surface area contributed by atoms with E-state index in [0.717, 1.165) is 15.3 Å². The molecule has 116 valence electrons. The summed E-state index contributed by atoms with van der Waals surface area (Å²) < 4.78 is 2.70. The Bertz CT molecular complexity index is 791. The van der Waals surface area contributed by atoms with Gasteiger partial charge in [0.15, 0.2) is 5.69 Å². The highest BCUT2D eigenvalue weighted by molar-refractivity contribution is 9.10. The van der Waals surface area contributed by atoms with Gasteiger partial charge >= 0.3 is 5.16 Å². The van der Waals surface area contributed by atoms with E-state index in [1.807, 2.05) is 41.1 Å². The third kappa shape index (κ3) is 4.17. The summed E-state index contributed by atoms with van der Waals surface area (Å²) in [5.41, 5.74) is 0.961. The number of halogens is 1. The minimum absolute atomic E-state index is 0.132. The summed E-state index contributed by atoms with van der Waals surface area (Å²) in [6.45, 7) is 0. The fraction of sp³-hybridized carbons (Fsp3) is 0.0667. The van der Waals surface area contributed by atoms with Gasteiger partial charge in [-0.05, 0) is 56.9 Å². The Kier molecular flexibility index (Phi) is 5.04. The lowest BCUT2D eigenvalue weighted by molar-refractivity contribution is -0.694. The van der Waals surface area contributed by atoms with Crippen molar-refractivity contribution in [3.8, 4) is 5.69 Å². The SMILES string of the molecule is O=C(CSc1nc[nH][n+]1-c1ccccc1)Nc1ccc(Br)cn1. The number of amides is 1. The lowest BCUT2D eigenvalue weighted by Gasteiger charge is -2.02. The van der Waals surface area contributed by atoms with Crippen LogP contribution in [0.4, 0.5) is 5.82 Å². The number of hydrogen-bond donors (Lipinski definition) is 2. The number of H-pyrrole nitrogens is 1. The number of pyridine rings is 1. The summed E-state index contributed by atoms with van der Waals surface area (Å²) in [5.74, 6) is 0.638. The molecule has 3 rings (SSSR count). The second kappa shape index (κ2) is 7.38. The lowest BCUT2D eigenvalue weighted by Crippen LogP contribution is -2.35. The van der Waals surface area contributed by atoms with Crippen LogP contribution >= 0.6 is 27.7 Å². The molecule has 2 heterocycles. The van der Waals surface area contributed by atoms with Crippen LogP contribution in [0.5, 0.6) is 0 Å². The smallest absolute Gasteiger partial charge is 0.310 e. The fourth-order valence-electron chi connectivity index (χ4n) is 1.88. The molecule has 0 bridgehead atoms. The zero-order chi connectivity index (χ0) is 16.1. The molecule has 0 radical (unpaired) electrons. The molecule has 23 heavy (non-hydrogen) atoms. The van der Waals surface area contributed by atoms with Gasteiger partial charge < -0.3 is 5.32 Å². The molecular formula is C15H13BrN5OS+. The van der Waals surface area contributed by atoms with Crippen molar-refractivity contribution in [2.75, 3.05) is 11.1 Å². The minimum atomic E-state index is -0.132. The minimum Gasteiger partial charge on any atom is -0.310 e. The third-order valence-electron chi connectivity index (χ3n) is 2.89. The van der Waals surface area contributed by atoms with Gasteiger partial charge in [-0.1, -0.05) is 18.2 Å². The highest BCUT2D eigenvalue weighted by Crippen LogP contribution is 2.14. The number of hydrogen-bond acceptors (Lipinski definition) is 4. The van der Waals surface area contributed by atoms with E-state index in [2.05, 4.69) is 36.3 Å². The van der Waals surface area contributed by atoms with Crippen molar-refractivity contribution in [3.63, 3.8) is 0 Å². The zero-order valence-electron chi connectivity index (χ0n) is 11.9. The molecule has 0 saturated carbocycles. The van der Waals surface area contributed by atoms with Crippen LogP contribution in [0.2, 0.25) is 0 Å². The Morgan fingerprint density at radius 2 is 2.04 bits per heavy atom. The van der Waals surface area contributed by atoms with Crippen molar-refractivity contribution in [2.45, 2.75) is 5.16 Å². The molecule has 0 spiro atoms. The number of thioether (sulfide) groups is 1. The summed E-state index contributed by atoms with van der Waals surface area (Å²) in [6.07, 6.45) is 3.24. The van der Waals surface area contributed by atoms with E-state index < -0.39 is 0 Å².